The van der Waals surface area contributed by atoms with E-state index in [0.29, 0.717) is 0 Å². The first kappa shape index (κ1) is 17.9. The molecule has 18 heavy (non-hydrogen) atoms. The van der Waals surface area contributed by atoms with Gasteiger partial charge in [-0.3, -0.25) is 0 Å². The van der Waals surface area contributed by atoms with Crippen LogP contribution in [0.3, 0.4) is 0 Å². The van der Waals surface area contributed by atoms with Gasteiger partial charge in [-0.25, -0.2) is 0 Å². The third-order valence-corrected chi connectivity index (χ3v) is 3.88. The molecule has 0 aliphatic carbocycles. The van der Waals surface area contributed by atoms with Crippen molar-refractivity contribution in [3.8, 4) is 0 Å². The van der Waals surface area contributed by atoms with E-state index in [1.54, 1.807) is 0 Å². The molecule has 0 saturated heterocycles. The zero-order chi connectivity index (χ0) is 14.2. The van der Waals surface area contributed by atoms with Crippen molar-refractivity contribution >= 4 is 0 Å². The van der Waals surface area contributed by atoms with E-state index in [1.165, 1.54) is 12.8 Å². The second-order valence-corrected chi connectivity index (χ2v) is 6.57. The minimum Gasteiger partial charge on any atom is -0.389 e. The maximum atomic E-state index is 10.5. The molecule has 2 nitrogen and oxygen atoms in total. The number of aliphatic hydroxyl groups is 1. The lowest BCUT2D eigenvalue weighted by molar-refractivity contribution is -0.00536. The summed E-state index contributed by atoms with van der Waals surface area (Å²) in [6.45, 7) is 16.3. The fourth-order valence-corrected chi connectivity index (χ4v) is 2.04. The Labute approximate surface area is 115 Å². The molecule has 0 aromatic heterocycles. The van der Waals surface area contributed by atoms with Crippen LogP contribution in [0.15, 0.2) is 0 Å². The van der Waals surface area contributed by atoms with Crippen molar-refractivity contribution in [2.24, 2.45) is 11.8 Å². The molecule has 0 saturated carbocycles. The Bertz CT molecular complexity index is 185. The third-order valence-electron chi connectivity index (χ3n) is 3.88. The predicted molar refractivity (Wildman–Crippen MR) is 80.9 cm³/mol. The molecule has 0 unspecified atom stereocenters. The van der Waals surface area contributed by atoms with Crippen molar-refractivity contribution < 1.29 is 5.11 Å². The minimum absolute atomic E-state index is 0.492. The number of hydrogen-bond donors (Lipinski definition) is 1. The number of rotatable bonds is 10. The summed E-state index contributed by atoms with van der Waals surface area (Å²) in [5.41, 5.74) is -0.492. The van der Waals surface area contributed by atoms with Gasteiger partial charge in [0.1, 0.15) is 0 Å². The van der Waals surface area contributed by atoms with Crippen LogP contribution in [0.5, 0.6) is 0 Å². The van der Waals surface area contributed by atoms with E-state index in [4.69, 9.17) is 0 Å². The van der Waals surface area contributed by atoms with E-state index in [9.17, 15) is 5.11 Å². The van der Waals surface area contributed by atoms with Gasteiger partial charge >= 0.3 is 0 Å². The topological polar surface area (TPSA) is 23.5 Å². The van der Waals surface area contributed by atoms with E-state index in [-0.39, 0.29) is 0 Å². The molecular formula is C16H35NO. The van der Waals surface area contributed by atoms with Crippen LogP contribution in [0.1, 0.15) is 67.2 Å². The molecule has 0 aliphatic rings. The van der Waals surface area contributed by atoms with E-state index in [2.05, 4.69) is 46.4 Å². The Balaban J connectivity index is 4.35. The summed E-state index contributed by atoms with van der Waals surface area (Å²) in [5.74, 6) is 1.48. The highest BCUT2D eigenvalue weighted by Gasteiger charge is 2.25. The van der Waals surface area contributed by atoms with Crippen LogP contribution in [0.2, 0.25) is 0 Å². The van der Waals surface area contributed by atoms with E-state index < -0.39 is 5.60 Å². The molecule has 0 spiro atoms. The number of nitrogens with zero attached hydrogens (tertiary/aromatic N) is 1. The highest BCUT2D eigenvalue weighted by molar-refractivity contribution is 4.80. The quantitative estimate of drug-likeness (QED) is 0.641. The largest absolute Gasteiger partial charge is 0.389 e. The Morgan fingerprint density at radius 1 is 0.889 bits per heavy atom. The number of hydrogen-bond acceptors (Lipinski definition) is 2. The van der Waals surface area contributed by atoms with Gasteiger partial charge in [-0.15, -0.1) is 0 Å². The van der Waals surface area contributed by atoms with Crippen LogP contribution in [-0.2, 0) is 0 Å². The molecule has 2 heteroatoms. The summed E-state index contributed by atoms with van der Waals surface area (Å²) >= 11 is 0. The molecular weight excluding hydrogens is 222 g/mol. The molecule has 0 aromatic rings. The lowest BCUT2D eigenvalue weighted by Gasteiger charge is -2.33. The van der Waals surface area contributed by atoms with E-state index in [0.717, 1.165) is 44.3 Å². The minimum atomic E-state index is -0.492. The lowest BCUT2D eigenvalue weighted by Crippen LogP contribution is -2.43. The van der Waals surface area contributed by atoms with Crippen LogP contribution in [-0.4, -0.2) is 35.2 Å². The highest BCUT2D eigenvalue weighted by atomic mass is 16.3. The summed E-state index contributed by atoms with van der Waals surface area (Å²) in [5, 5.41) is 10.5. The molecule has 0 amide bonds. The fraction of sp³-hybridized carbons (Fsp3) is 1.00. The van der Waals surface area contributed by atoms with E-state index in [1.807, 2.05) is 0 Å². The Kier molecular flexibility index (Phi) is 8.89. The average molecular weight is 257 g/mol. The fourth-order valence-electron chi connectivity index (χ4n) is 2.04. The van der Waals surface area contributed by atoms with Crippen LogP contribution < -0.4 is 0 Å². The van der Waals surface area contributed by atoms with Crippen LogP contribution in [0.4, 0.5) is 0 Å². The second-order valence-electron chi connectivity index (χ2n) is 6.57. The molecule has 110 valence electrons. The van der Waals surface area contributed by atoms with Gasteiger partial charge in [0.15, 0.2) is 0 Å². The summed E-state index contributed by atoms with van der Waals surface area (Å²) in [7, 11) is 0. The van der Waals surface area contributed by atoms with Crippen LogP contribution >= 0.6 is 0 Å². The molecule has 1 N–H and O–H groups in total. The van der Waals surface area contributed by atoms with Crippen molar-refractivity contribution in [2.45, 2.75) is 72.8 Å². The first-order valence-corrected chi connectivity index (χ1v) is 7.77. The SMILES string of the molecule is CCC(O)(CC)CN(CCC(C)C)CCC(C)C. The van der Waals surface area contributed by atoms with Gasteiger partial charge in [0, 0.05) is 6.54 Å². The van der Waals surface area contributed by atoms with Crippen molar-refractivity contribution in [2.75, 3.05) is 19.6 Å². The summed E-state index contributed by atoms with van der Waals surface area (Å²) in [6.07, 6.45) is 4.15. The first-order chi connectivity index (χ1) is 8.33. The molecule has 0 aliphatic heterocycles. The first-order valence-electron chi connectivity index (χ1n) is 7.77. The summed E-state index contributed by atoms with van der Waals surface area (Å²) < 4.78 is 0. The van der Waals surface area contributed by atoms with Gasteiger partial charge in [-0.05, 0) is 50.6 Å². The van der Waals surface area contributed by atoms with Crippen LogP contribution in [0, 0.1) is 11.8 Å². The van der Waals surface area contributed by atoms with Gasteiger partial charge in [0.05, 0.1) is 5.60 Å². The van der Waals surface area contributed by atoms with Gasteiger partial charge in [0.25, 0.3) is 0 Å². The smallest absolute Gasteiger partial charge is 0.0768 e. The summed E-state index contributed by atoms with van der Waals surface area (Å²) in [6, 6.07) is 0. The Morgan fingerprint density at radius 3 is 1.56 bits per heavy atom. The van der Waals surface area contributed by atoms with Crippen molar-refractivity contribution in [3.63, 3.8) is 0 Å². The maximum Gasteiger partial charge on any atom is 0.0768 e. The third kappa shape index (κ3) is 8.10. The molecule has 0 fully saturated rings. The molecule has 0 radical (unpaired) electrons. The molecule has 0 aromatic carbocycles. The monoisotopic (exact) mass is 257 g/mol. The second kappa shape index (κ2) is 8.92. The van der Waals surface area contributed by atoms with Gasteiger partial charge < -0.3 is 10.0 Å². The molecule has 0 atom stereocenters. The lowest BCUT2D eigenvalue weighted by atomic mass is 9.96. The zero-order valence-corrected chi connectivity index (χ0v) is 13.5. The van der Waals surface area contributed by atoms with Gasteiger partial charge in [0.2, 0.25) is 0 Å². The highest BCUT2D eigenvalue weighted by Crippen LogP contribution is 2.18. The van der Waals surface area contributed by atoms with Crippen LogP contribution in [0.25, 0.3) is 0 Å². The molecule has 0 heterocycles. The van der Waals surface area contributed by atoms with Gasteiger partial charge in [-0.2, -0.15) is 0 Å². The average Bonchev–Trinajstić information content (AvgIpc) is 2.32. The van der Waals surface area contributed by atoms with E-state index >= 15 is 0 Å². The van der Waals surface area contributed by atoms with Crippen molar-refractivity contribution in [3.05, 3.63) is 0 Å². The standard InChI is InChI=1S/C16H35NO/c1-7-16(18,8-2)13-17(11-9-14(3)4)12-10-15(5)6/h14-15,18H,7-13H2,1-6H3. The van der Waals surface area contributed by atoms with Crippen molar-refractivity contribution in [1.29, 1.82) is 0 Å². The molecule has 0 rings (SSSR count). The zero-order valence-electron chi connectivity index (χ0n) is 13.5. The Morgan fingerprint density at radius 2 is 1.28 bits per heavy atom. The van der Waals surface area contributed by atoms with Gasteiger partial charge in [-0.1, -0.05) is 41.5 Å². The summed E-state index contributed by atoms with van der Waals surface area (Å²) in [4.78, 5) is 2.47. The van der Waals surface area contributed by atoms with Crippen molar-refractivity contribution in [1.82, 2.24) is 4.90 Å². The maximum absolute atomic E-state index is 10.5. The predicted octanol–water partition coefficient (Wildman–Crippen LogP) is 3.93. The Hall–Kier alpha value is -0.0800. The molecule has 0 bridgehead atoms. The normalized spacial score (nSPS) is 13.0.